The van der Waals surface area contributed by atoms with Gasteiger partial charge in [-0.2, -0.15) is 0 Å². The molecule has 0 atom stereocenters. The normalized spacial score (nSPS) is 16.4. The van der Waals surface area contributed by atoms with E-state index in [1.807, 2.05) is 0 Å². The second-order valence-electron chi connectivity index (χ2n) is 6.47. The van der Waals surface area contributed by atoms with Gasteiger partial charge in [-0.15, -0.1) is 0 Å². The van der Waals surface area contributed by atoms with Crippen molar-refractivity contribution in [1.29, 1.82) is 0 Å². The first-order chi connectivity index (χ1) is 12.3. The number of carbonyl (C=O) groups excluding carboxylic acids is 1. The van der Waals surface area contributed by atoms with Crippen LogP contribution < -0.4 is 9.62 Å². The average Bonchev–Trinajstić information content (AvgIpc) is 2.61. The molecule has 0 unspecified atom stereocenters. The van der Waals surface area contributed by atoms with Crippen LogP contribution in [-0.4, -0.2) is 20.9 Å². The van der Waals surface area contributed by atoms with Gasteiger partial charge < -0.3 is 4.90 Å². The third kappa shape index (κ3) is 2.84. The van der Waals surface area contributed by atoms with E-state index in [1.54, 1.807) is 17.0 Å². The van der Waals surface area contributed by atoms with Gasteiger partial charge in [0.15, 0.2) is 11.6 Å². The molecule has 2 aliphatic heterocycles. The first-order valence-corrected chi connectivity index (χ1v) is 9.77. The molecule has 2 aromatic carbocycles. The number of nitrogens with zero attached hydrogens (tertiary/aromatic N) is 1. The van der Waals surface area contributed by atoms with E-state index >= 15 is 0 Å². The maximum atomic E-state index is 13.3. The summed E-state index contributed by atoms with van der Waals surface area (Å²) in [5.41, 5.74) is 2.44. The fourth-order valence-corrected chi connectivity index (χ4v) is 4.70. The second-order valence-corrected chi connectivity index (χ2v) is 8.16. The molecule has 26 heavy (non-hydrogen) atoms. The third-order valence-corrected chi connectivity index (χ3v) is 6.09. The SMILES string of the molecule is O=C1CCc2cc(S(=O)(=O)Nc3ccc(F)c(F)c3)cc3c2N1CCC3. The molecule has 2 aliphatic rings. The van der Waals surface area contributed by atoms with Crippen LogP contribution in [0.4, 0.5) is 20.2 Å². The minimum absolute atomic E-state index is 0.0490. The molecule has 0 saturated carbocycles. The second kappa shape index (κ2) is 6.05. The largest absolute Gasteiger partial charge is 0.312 e. The molecule has 4 rings (SSSR count). The molecule has 0 bridgehead atoms. The van der Waals surface area contributed by atoms with E-state index in [-0.39, 0.29) is 16.5 Å². The molecule has 0 saturated heterocycles. The van der Waals surface area contributed by atoms with Crippen molar-refractivity contribution in [3.05, 3.63) is 53.1 Å². The maximum Gasteiger partial charge on any atom is 0.261 e. The molecule has 2 heterocycles. The summed E-state index contributed by atoms with van der Waals surface area (Å²) in [5, 5.41) is 0. The number of nitrogens with one attached hydrogen (secondary N) is 1. The number of halogens is 2. The number of rotatable bonds is 3. The lowest BCUT2D eigenvalue weighted by Crippen LogP contribution is -2.39. The zero-order valence-corrected chi connectivity index (χ0v) is 14.6. The van der Waals surface area contributed by atoms with Gasteiger partial charge in [-0.1, -0.05) is 0 Å². The van der Waals surface area contributed by atoms with Gasteiger partial charge in [-0.3, -0.25) is 9.52 Å². The molecule has 2 aromatic rings. The Morgan fingerprint density at radius 3 is 2.42 bits per heavy atom. The lowest BCUT2D eigenvalue weighted by atomic mass is 9.92. The van der Waals surface area contributed by atoms with Crippen molar-refractivity contribution in [1.82, 2.24) is 0 Å². The quantitative estimate of drug-likeness (QED) is 0.893. The van der Waals surface area contributed by atoms with Crippen molar-refractivity contribution in [2.24, 2.45) is 0 Å². The van der Waals surface area contributed by atoms with Crippen molar-refractivity contribution in [2.45, 2.75) is 30.6 Å². The number of hydrogen-bond donors (Lipinski definition) is 1. The predicted molar refractivity (Wildman–Crippen MR) is 92.6 cm³/mol. The Labute approximate surface area is 149 Å². The van der Waals surface area contributed by atoms with Crippen LogP contribution in [-0.2, 0) is 27.7 Å². The molecule has 0 fully saturated rings. The van der Waals surface area contributed by atoms with Crippen LogP contribution in [0.2, 0.25) is 0 Å². The minimum Gasteiger partial charge on any atom is -0.312 e. The third-order valence-electron chi connectivity index (χ3n) is 4.73. The molecule has 0 radical (unpaired) electrons. The Balaban J connectivity index is 1.73. The summed E-state index contributed by atoms with van der Waals surface area (Å²) in [4.78, 5) is 13.9. The van der Waals surface area contributed by atoms with Gasteiger partial charge in [0, 0.05) is 19.0 Å². The summed E-state index contributed by atoms with van der Waals surface area (Å²) >= 11 is 0. The molecular weight excluding hydrogens is 362 g/mol. The van der Waals surface area contributed by atoms with Gasteiger partial charge in [-0.05, 0) is 54.7 Å². The van der Waals surface area contributed by atoms with E-state index in [0.717, 1.165) is 35.4 Å². The van der Waals surface area contributed by atoms with E-state index in [4.69, 9.17) is 0 Å². The number of amides is 1. The summed E-state index contributed by atoms with van der Waals surface area (Å²) < 4.78 is 54.1. The highest BCUT2D eigenvalue weighted by molar-refractivity contribution is 7.92. The number of carbonyl (C=O) groups is 1. The van der Waals surface area contributed by atoms with Crippen LogP contribution in [0, 0.1) is 11.6 Å². The number of sulfonamides is 1. The highest BCUT2D eigenvalue weighted by Crippen LogP contribution is 2.37. The van der Waals surface area contributed by atoms with Crippen molar-refractivity contribution in [3.63, 3.8) is 0 Å². The standard InChI is InChI=1S/C18H16F2N2O3S/c19-15-5-4-13(10-16(15)20)21-26(24,25)14-8-11-2-1-7-22-17(23)6-3-12(9-14)18(11)22/h4-5,8-10,21H,1-3,6-7H2. The number of hydrogen-bond acceptors (Lipinski definition) is 3. The van der Waals surface area contributed by atoms with Crippen molar-refractivity contribution in [3.8, 4) is 0 Å². The highest BCUT2D eigenvalue weighted by atomic mass is 32.2. The summed E-state index contributed by atoms with van der Waals surface area (Å²) in [5.74, 6) is -2.11. The fraction of sp³-hybridized carbons (Fsp3) is 0.278. The molecule has 136 valence electrons. The van der Waals surface area contributed by atoms with Gasteiger partial charge in [0.2, 0.25) is 5.91 Å². The van der Waals surface area contributed by atoms with Crippen LogP contribution in [0.5, 0.6) is 0 Å². The molecule has 0 aromatic heterocycles. The first-order valence-electron chi connectivity index (χ1n) is 8.29. The molecule has 0 aliphatic carbocycles. The van der Waals surface area contributed by atoms with Crippen LogP contribution in [0.3, 0.4) is 0 Å². The van der Waals surface area contributed by atoms with Gasteiger partial charge in [-0.25, -0.2) is 17.2 Å². The van der Waals surface area contributed by atoms with Crippen molar-refractivity contribution >= 4 is 27.3 Å². The maximum absolute atomic E-state index is 13.3. The van der Waals surface area contributed by atoms with Gasteiger partial charge in [0.1, 0.15) is 0 Å². The number of benzene rings is 2. The Kier molecular flexibility index (Phi) is 3.95. The topological polar surface area (TPSA) is 66.5 Å². The first kappa shape index (κ1) is 17.0. The van der Waals surface area contributed by atoms with E-state index in [1.165, 1.54) is 6.07 Å². The Morgan fingerprint density at radius 2 is 1.69 bits per heavy atom. The monoisotopic (exact) mass is 378 g/mol. The summed E-state index contributed by atoms with van der Waals surface area (Å²) in [6.07, 6.45) is 2.32. The summed E-state index contributed by atoms with van der Waals surface area (Å²) in [7, 11) is -3.96. The molecule has 1 amide bonds. The summed E-state index contributed by atoms with van der Waals surface area (Å²) in [6.45, 7) is 0.651. The molecule has 1 N–H and O–H groups in total. The predicted octanol–water partition coefficient (Wildman–Crippen LogP) is 2.99. The van der Waals surface area contributed by atoms with Crippen molar-refractivity contribution in [2.75, 3.05) is 16.2 Å². The van der Waals surface area contributed by atoms with Gasteiger partial charge in [0.25, 0.3) is 10.0 Å². The molecular formula is C18H16F2N2O3S. The minimum atomic E-state index is -3.96. The van der Waals surface area contributed by atoms with Crippen LogP contribution >= 0.6 is 0 Å². The molecule has 0 spiro atoms. The zero-order chi connectivity index (χ0) is 18.5. The van der Waals surface area contributed by atoms with Gasteiger partial charge in [0.05, 0.1) is 16.3 Å². The van der Waals surface area contributed by atoms with Crippen LogP contribution in [0.1, 0.15) is 24.0 Å². The van der Waals surface area contributed by atoms with E-state index in [0.29, 0.717) is 25.8 Å². The molecule has 8 heteroatoms. The zero-order valence-electron chi connectivity index (χ0n) is 13.8. The van der Waals surface area contributed by atoms with Crippen molar-refractivity contribution < 1.29 is 22.0 Å². The number of anilines is 2. The lowest BCUT2D eigenvalue weighted by Gasteiger charge is -2.35. The lowest BCUT2D eigenvalue weighted by molar-refractivity contribution is -0.119. The Hall–Kier alpha value is -2.48. The molecule has 5 nitrogen and oxygen atoms in total. The Morgan fingerprint density at radius 1 is 0.962 bits per heavy atom. The average molecular weight is 378 g/mol. The number of aryl methyl sites for hydroxylation is 2. The van der Waals surface area contributed by atoms with E-state index < -0.39 is 21.7 Å². The fourth-order valence-electron chi connectivity index (χ4n) is 3.55. The van der Waals surface area contributed by atoms with E-state index in [9.17, 15) is 22.0 Å². The smallest absolute Gasteiger partial charge is 0.261 e. The van der Waals surface area contributed by atoms with E-state index in [2.05, 4.69) is 4.72 Å². The Bertz CT molecular complexity index is 1000. The van der Waals surface area contributed by atoms with Gasteiger partial charge >= 0.3 is 0 Å². The van der Waals surface area contributed by atoms with Crippen LogP contribution in [0.15, 0.2) is 35.2 Å². The summed E-state index contributed by atoms with van der Waals surface area (Å²) in [6, 6.07) is 5.96. The highest BCUT2D eigenvalue weighted by Gasteiger charge is 2.31. The van der Waals surface area contributed by atoms with Crippen LogP contribution in [0.25, 0.3) is 0 Å².